The van der Waals surface area contributed by atoms with Gasteiger partial charge < -0.3 is 4.90 Å². The van der Waals surface area contributed by atoms with Gasteiger partial charge in [0.05, 0.1) is 10.2 Å². The number of rotatable bonds is 8. The molecule has 0 fully saturated rings. The molecule has 1 aromatic heterocycles. The van der Waals surface area contributed by atoms with Crippen LogP contribution in [0.15, 0.2) is 273 Å². The first kappa shape index (κ1) is 44.3. The molecule has 0 spiro atoms. The number of thiazole rings is 1. The molecule has 4 heteroatoms. The lowest BCUT2D eigenvalue weighted by molar-refractivity contribution is 0.769. The van der Waals surface area contributed by atoms with Crippen LogP contribution in [0.4, 0.5) is 33.6 Å². The number of allylic oxidation sites excluding steroid dienone is 4. The van der Waals surface area contributed by atoms with E-state index in [2.05, 4.69) is 283 Å². The van der Waals surface area contributed by atoms with Crippen LogP contribution in [0.5, 0.6) is 0 Å². The van der Waals surface area contributed by atoms with E-state index in [9.17, 15) is 0 Å². The van der Waals surface area contributed by atoms with Gasteiger partial charge in [-0.2, -0.15) is 0 Å². The molecule has 3 nitrogen and oxygen atoms in total. The number of para-hydroxylation sites is 3. The van der Waals surface area contributed by atoms with Crippen molar-refractivity contribution in [1.29, 1.82) is 0 Å². The molecule has 14 aromatic rings. The van der Waals surface area contributed by atoms with Crippen molar-refractivity contribution in [2.75, 3.05) is 9.80 Å². The van der Waals surface area contributed by atoms with Crippen molar-refractivity contribution in [2.45, 2.75) is 11.8 Å². The molecule has 0 aliphatic heterocycles. The molecule has 0 amide bonds. The van der Waals surface area contributed by atoms with Crippen LogP contribution in [0.1, 0.15) is 23.0 Å². The summed E-state index contributed by atoms with van der Waals surface area (Å²) in [6.07, 6.45) is 9.25. The summed E-state index contributed by atoms with van der Waals surface area (Å²) < 4.78 is 1.16. The summed E-state index contributed by atoms with van der Waals surface area (Å²) in [5.74, 6) is 0.623. The van der Waals surface area contributed by atoms with Gasteiger partial charge in [-0.1, -0.05) is 212 Å². The Kier molecular flexibility index (Phi) is 9.71. The molecule has 3 aliphatic rings. The van der Waals surface area contributed by atoms with Crippen molar-refractivity contribution in [3.8, 4) is 44.5 Å². The number of aromatic nitrogens is 1. The van der Waals surface area contributed by atoms with Gasteiger partial charge in [-0.25, -0.2) is 4.98 Å². The molecule has 13 aromatic carbocycles. The third-order valence-corrected chi connectivity index (χ3v) is 18.2. The predicted octanol–water partition coefficient (Wildman–Crippen LogP) is 21.3. The second kappa shape index (κ2) is 17.3. The summed E-state index contributed by atoms with van der Waals surface area (Å²) in [4.78, 5) is 10.1. The lowest BCUT2D eigenvalue weighted by Crippen LogP contribution is -2.10. The molecule has 2 unspecified atom stereocenters. The first-order valence-corrected chi connectivity index (χ1v) is 28.2. The zero-order valence-electron chi connectivity index (χ0n) is 42.9. The molecule has 2 atom stereocenters. The van der Waals surface area contributed by atoms with Crippen LogP contribution in [-0.4, -0.2) is 4.98 Å². The zero-order valence-corrected chi connectivity index (χ0v) is 43.7. The highest BCUT2D eigenvalue weighted by Gasteiger charge is 2.34. The number of nitrogens with zero attached hydrogens (tertiary/aromatic N) is 3. The molecular weight excluding hydrogens is 975 g/mol. The quantitative estimate of drug-likeness (QED) is 0.141. The fourth-order valence-electron chi connectivity index (χ4n) is 13.8. The minimum Gasteiger partial charge on any atom is -0.310 e. The van der Waals surface area contributed by atoms with E-state index in [1.807, 2.05) is 0 Å². The lowest BCUT2D eigenvalue weighted by atomic mass is 9.82. The monoisotopic (exact) mass is 1020 g/mol. The first-order valence-electron chi connectivity index (χ1n) is 27.4. The Morgan fingerprint density at radius 2 is 0.835 bits per heavy atom. The standard InChI is InChI=1S/C75H47N3S/c1-3-19-48(20-4-1)77(50-34-33-46-17-7-8-18-47(46)43-50)51-35-37-65-67(44-51)73(63-41-39-61-55-25-11-9-23-53(55)57-27-15-29-59(63)71(57)61)66-38-36-52(78(49-21-5-2-6-22-49)75-76-69-31-13-14-32-70(69)79-75)45-68(66)74(65)64-42-40-62-56-26-12-10-24-54(56)58-28-16-30-60(64)72(58)62/h1-45,54,56H. The molecular formula is C75H47N3S. The zero-order chi connectivity index (χ0) is 51.7. The normalized spacial score (nSPS) is 14.7. The maximum atomic E-state index is 5.34. The highest BCUT2D eigenvalue weighted by molar-refractivity contribution is 7.22. The molecule has 0 bridgehead atoms. The molecule has 79 heavy (non-hydrogen) atoms. The number of anilines is 6. The molecule has 0 saturated carbocycles. The topological polar surface area (TPSA) is 19.4 Å². The Balaban J connectivity index is 1.02. The summed E-state index contributed by atoms with van der Waals surface area (Å²) in [6, 6.07) is 92.7. The lowest BCUT2D eigenvalue weighted by Gasteiger charge is -2.28. The van der Waals surface area contributed by atoms with Crippen LogP contribution in [0.25, 0.3) is 109 Å². The number of hydrogen-bond acceptors (Lipinski definition) is 4. The SMILES string of the molecule is C1=CC2c3cccc4c(-c5c6ccc(N(c7ccccc7)c7ccc8ccccc8c7)cc6c(-c6ccc7c8c(cccc68)-c6ccccc6-7)c6ccc(N(c7ccccc7)c7nc8ccccc8s7)cc56)ccc(c34)C2C=C1. The Hall–Kier alpha value is -9.87. The van der Waals surface area contributed by atoms with E-state index in [1.54, 1.807) is 11.3 Å². The molecule has 17 rings (SSSR count). The summed E-state index contributed by atoms with van der Waals surface area (Å²) in [6.45, 7) is 0. The van der Waals surface area contributed by atoms with Crippen LogP contribution in [-0.2, 0) is 0 Å². The van der Waals surface area contributed by atoms with E-state index in [0.717, 1.165) is 43.8 Å². The second-order valence-corrected chi connectivity index (χ2v) is 22.3. The number of benzene rings is 13. The van der Waals surface area contributed by atoms with Crippen molar-refractivity contribution in [3.05, 3.63) is 284 Å². The van der Waals surface area contributed by atoms with E-state index in [4.69, 9.17) is 4.98 Å². The van der Waals surface area contributed by atoms with Crippen LogP contribution in [0.2, 0.25) is 0 Å². The minimum absolute atomic E-state index is 0.311. The molecule has 1 heterocycles. The van der Waals surface area contributed by atoms with E-state index < -0.39 is 0 Å². The van der Waals surface area contributed by atoms with Gasteiger partial charge >= 0.3 is 0 Å². The molecule has 0 radical (unpaired) electrons. The average Bonchev–Trinajstić information content (AvgIpc) is 4.38. The summed E-state index contributed by atoms with van der Waals surface area (Å²) in [5.41, 5.74) is 19.2. The Morgan fingerprint density at radius 3 is 1.54 bits per heavy atom. The maximum absolute atomic E-state index is 5.34. The van der Waals surface area contributed by atoms with Crippen LogP contribution < -0.4 is 9.80 Å². The number of fused-ring (bicyclic) bond motifs is 10. The molecule has 0 saturated heterocycles. The van der Waals surface area contributed by atoms with E-state index in [-0.39, 0.29) is 0 Å². The maximum Gasteiger partial charge on any atom is 0.195 e. The summed E-state index contributed by atoms with van der Waals surface area (Å²) in [5, 5.41) is 13.3. The van der Waals surface area contributed by atoms with Gasteiger partial charge in [0.1, 0.15) is 0 Å². The van der Waals surface area contributed by atoms with Crippen molar-refractivity contribution < 1.29 is 0 Å². The van der Waals surface area contributed by atoms with E-state index in [1.165, 1.54) is 109 Å². The molecule has 0 N–H and O–H groups in total. The Labute approximate surface area is 461 Å². The summed E-state index contributed by atoms with van der Waals surface area (Å²) >= 11 is 1.73. The van der Waals surface area contributed by atoms with Crippen molar-refractivity contribution in [1.82, 2.24) is 4.98 Å². The average molecular weight is 1020 g/mol. The largest absolute Gasteiger partial charge is 0.310 e. The van der Waals surface area contributed by atoms with Crippen LogP contribution >= 0.6 is 11.3 Å². The van der Waals surface area contributed by atoms with Gasteiger partial charge in [0, 0.05) is 40.3 Å². The molecule has 368 valence electrons. The van der Waals surface area contributed by atoms with Gasteiger partial charge in [-0.05, 0) is 182 Å². The van der Waals surface area contributed by atoms with E-state index >= 15 is 0 Å². The van der Waals surface area contributed by atoms with Crippen molar-refractivity contribution in [2.24, 2.45) is 0 Å². The van der Waals surface area contributed by atoms with Crippen LogP contribution in [0, 0.1) is 0 Å². The van der Waals surface area contributed by atoms with Gasteiger partial charge in [-0.3, -0.25) is 4.90 Å². The van der Waals surface area contributed by atoms with Gasteiger partial charge in [0.25, 0.3) is 0 Å². The Morgan fingerprint density at radius 1 is 0.316 bits per heavy atom. The van der Waals surface area contributed by atoms with Crippen molar-refractivity contribution in [3.63, 3.8) is 0 Å². The van der Waals surface area contributed by atoms with E-state index in [0.29, 0.717) is 11.8 Å². The highest BCUT2D eigenvalue weighted by Crippen LogP contribution is 2.56. The fourth-order valence-corrected chi connectivity index (χ4v) is 14.8. The third kappa shape index (κ3) is 6.68. The number of hydrogen-bond donors (Lipinski definition) is 0. The van der Waals surface area contributed by atoms with Gasteiger partial charge in [0.2, 0.25) is 0 Å². The minimum atomic E-state index is 0.311. The van der Waals surface area contributed by atoms with Crippen LogP contribution in [0.3, 0.4) is 0 Å². The predicted molar refractivity (Wildman–Crippen MR) is 336 cm³/mol. The Bertz CT molecular complexity index is 4850. The van der Waals surface area contributed by atoms with Crippen molar-refractivity contribution >= 4 is 109 Å². The first-order chi connectivity index (χ1) is 39.2. The second-order valence-electron chi connectivity index (χ2n) is 21.3. The smallest absolute Gasteiger partial charge is 0.195 e. The van der Waals surface area contributed by atoms with Gasteiger partial charge in [-0.15, -0.1) is 0 Å². The highest BCUT2D eigenvalue weighted by atomic mass is 32.1. The summed E-state index contributed by atoms with van der Waals surface area (Å²) in [7, 11) is 0. The fraction of sp³-hybridized carbons (Fsp3) is 0.0267. The molecule has 3 aliphatic carbocycles. The third-order valence-electron chi connectivity index (χ3n) is 17.1. The van der Waals surface area contributed by atoms with Gasteiger partial charge in [0.15, 0.2) is 5.13 Å².